The normalized spacial score (nSPS) is 14.8. The highest BCUT2D eigenvalue weighted by Gasteiger charge is 2.18. The van der Waals surface area contributed by atoms with Crippen molar-refractivity contribution in [3.05, 3.63) is 29.3 Å². The Balaban J connectivity index is 2.47. The van der Waals surface area contributed by atoms with Crippen molar-refractivity contribution in [2.24, 2.45) is 0 Å². The van der Waals surface area contributed by atoms with Crippen LogP contribution in [0, 0.1) is 6.92 Å². The third-order valence-electron chi connectivity index (χ3n) is 2.10. The average molecular weight is 194 g/mol. The molecule has 0 bridgehead atoms. The van der Waals surface area contributed by atoms with E-state index in [-0.39, 0.29) is 0 Å². The summed E-state index contributed by atoms with van der Waals surface area (Å²) in [5.41, 5.74) is 2.59. The van der Waals surface area contributed by atoms with Gasteiger partial charge in [0.25, 0.3) is 0 Å². The van der Waals surface area contributed by atoms with Crippen molar-refractivity contribution < 1.29 is 9.58 Å². The van der Waals surface area contributed by atoms with Crippen LogP contribution in [0.25, 0.3) is 0 Å². The van der Waals surface area contributed by atoms with E-state index in [1.807, 2.05) is 22.7 Å². The minimum Gasteiger partial charge on any atom is -0.279 e. The van der Waals surface area contributed by atoms with Gasteiger partial charge in [-0.3, -0.25) is 4.84 Å². The first-order chi connectivity index (χ1) is 6.31. The Morgan fingerprint density at radius 3 is 3.08 bits per heavy atom. The van der Waals surface area contributed by atoms with Crippen LogP contribution in [0.2, 0.25) is 0 Å². The molecule has 0 spiro atoms. The zero-order chi connectivity index (χ0) is 9.26. The van der Waals surface area contributed by atoms with E-state index in [9.17, 15) is 0 Å². The fourth-order valence-electron chi connectivity index (χ4n) is 1.40. The highest BCUT2D eigenvalue weighted by Crippen LogP contribution is 2.28. The SMILES string of the molecule is CO[N+]1=Cc2cccc(C)c2SC1. The molecule has 1 aromatic rings. The van der Waals surface area contributed by atoms with Crippen LogP contribution in [0.4, 0.5) is 0 Å². The van der Waals surface area contributed by atoms with Gasteiger partial charge in [0.15, 0.2) is 0 Å². The Bertz CT molecular complexity index is 360. The molecular weight excluding hydrogens is 182 g/mol. The zero-order valence-electron chi connectivity index (χ0n) is 7.78. The van der Waals surface area contributed by atoms with Crippen molar-refractivity contribution >= 4 is 18.0 Å². The molecule has 0 saturated carbocycles. The standard InChI is InChI=1S/C10H12NOS/c1-8-4-3-5-9-6-11(12-2)7-13-10(8)9/h3-6H,7H2,1-2H3/q+1. The predicted octanol–water partition coefficient (Wildman–Crippen LogP) is 2.05. The monoisotopic (exact) mass is 194 g/mol. The summed E-state index contributed by atoms with van der Waals surface area (Å²) in [6.07, 6.45) is 2.04. The number of hydrogen-bond acceptors (Lipinski definition) is 2. The summed E-state index contributed by atoms with van der Waals surface area (Å²) >= 11 is 1.82. The second kappa shape index (κ2) is 3.42. The summed E-state index contributed by atoms with van der Waals surface area (Å²) in [5, 5.41) is 0. The van der Waals surface area contributed by atoms with Gasteiger partial charge < -0.3 is 0 Å². The molecule has 13 heavy (non-hydrogen) atoms. The Hall–Kier alpha value is -0.960. The summed E-state index contributed by atoms with van der Waals surface area (Å²) in [5.74, 6) is 0.869. The van der Waals surface area contributed by atoms with Crippen LogP contribution < -0.4 is 0 Å². The second-order valence-electron chi connectivity index (χ2n) is 3.00. The van der Waals surface area contributed by atoms with Gasteiger partial charge in [0.2, 0.25) is 12.1 Å². The number of rotatable bonds is 1. The van der Waals surface area contributed by atoms with E-state index in [0.717, 1.165) is 5.88 Å². The first-order valence-corrected chi connectivity index (χ1v) is 5.18. The van der Waals surface area contributed by atoms with Gasteiger partial charge in [-0.15, -0.1) is 0 Å². The van der Waals surface area contributed by atoms with E-state index in [1.165, 1.54) is 16.0 Å². The number of aryl methyl sites for hydroxylation is 1. The van der Waals surface area contributed by atoms with E-state index >= 15 is 0 Å². The molecule has 0 radical (unpaired) electrons. The number of fused-ring (bicyclic) bond motifs is 1. The molecule has 0 amide bonds. The predicted molar refractivity (Wildman–Crippen MR) is 54.3 cm³/mol. The lowest BCUT2D eigenvalue weighted by Gasteiger charge is -2.10. The molecule has 2 rings (SSSR count). The lowest BCUT2D eigenvalue weighted by Crippen LogP contribution is -2.16. The molecule has 0 aromatic heterocycles. The molecular formula is C10H12NOS+. The molecule has 1 aromatic carbocycles. The second-order valence-corrected chi connectivity index (χ2v) is 3.95. The summed E-state index contributed by atoms with van der Waals surface area (Å²) < 4.78 is 1.84. The fourth-order valence-corrected chi connectivity index (χ4v) is 2.42. The maximum Gasteiger partial charge on any atom is 0.242 e. The Kier molecular flexibility index (Phi) is 2.27. The van der Waals surface area contributed by atoms with E-state index in [0.29, 0.717) is 0 Å². The molecule has 68 valence electrons. The van der Waals surface area contributed by atoms with E-state index < -0.39 is 0 Å². The molecule has 1 aliphatic rings. The zero-order valence-corrected chi connectivity index (χ0v) is 8.60. The lowest BCUT2D eigenvalue weighted by molar-refractivity contribution is -0.764. The first kappa shape index (κ1) is 8.63. The van der Waals surface area contributed by atoms with Crippen LogP contribution in [-0.2, 0) is 4.84 Å². The minimum atomic E-state index is 0.869. The Morgan fingerprint density at radius 2 is 2.31 bits per heavy atom. The number of nitrogens with zero attached hydrogens (tertiary/aromatic N) is 1. The molecule has 2 nitrogen and oxygen atoms in total. The molecule has 0 unspecified atom stereocenters. The molecule has 0 atom stereocenters. The topological polar surface area (TPSA) is 12.2 Å². The molecule has 0 aliphatic carbocycles. The molecule has 1 heterocycles. The van der Waals surface area contributed by atoms with Crippen LogP contribution in [0.15, 0.2) is 23.1 Å². The maximum absolute atomic E-state index is 5.14. The maximum atomic E-state index is 5.14. The van der Waals surface area contributed by atoms with Crippen LogP contribution in [0.1, 0.15) is 11.1 Å². The molecule has 0 N–H and O–H groups in total. The van der Waals surface area contributed by atoms with Gasteiger partial charge in [-0.25, -0.2) is 0 Å². The fraction of sp³-hybridized carbons (Fsp3) is 0.300. The van der Waals surface area contributed by atoms with Gasteiger partial charge in [-0.05, 0) is 23.3 Å². The van der Waals surface area contributed by atoms with Crippen LogP contribution in [-0.4, -0.2) is 23.9 Å². The number of thioether (sulfide) groups is 1. The quantitative estimate of drug-likeness (QED) is 0.634. The third-order valence-corrected chi connectivity index (χ3v) is 3.33. The van der Waals surface area contributed by atoms with Crippen molar-refractivity contribution in [2.45, 2.75) is 11.8 Å². The first-order valence-electron chi connectivity index (χ1n) is 4.19. The highest BCUT2D eigenvalue weighted by molar-refractivity contribution is 7.99. The van der Waals surface area contributed by atoms with Gasteiger partial charge >= 0.3 is 0 Å². The van der Waals surface area contributed by atoms with Crippen molar-refractivity contribution in [1.82, 2.24) is 0 Å². The summed E-state index contributed by atoms with van der Waals surface area (Å²) in [4.78, 5) is 6.52. The lowest BCUT2D eigenvalue weighted by atomic mass is 10.1. The summed E-state index contributed by atoms with van der Waals surface area (Å²) in [6.45, 7) is 2.14. The van der Waals surface area contributed by atoms with E-state index in [4.69, 9.17) is 4.84 Å². The molecule has 3 heteroatoms. The highest BCUT2D eigenvalue weighted by atomic mass is 32.2. The van der Waals surface area contributed by atoms with Gasteiger partial charge in [0.1, 0.15) is 7.11 Å². The van der Waals surface area contributed by atoms with Crippen molar-refractivity contribution in [2.75, 3.05) is 13.0 Å². The molecule has 1 aliphatic heterocycles. The van der Waals surface area contributed by atoms with Crippen LogP contribution in [0.3, 0.4) is 0 Å². The summed E-state index contributed by atoms with van der Waals surface area (Å²) in [6, 6.07) is 6.33. The average Bonchev–Trinajstić information content (AvgIpc) is 2.18. The van der Waals surface area contributed by atoms with Crippen molar-refractivity contribution in [3.8, 4) is 0 Å². The van der Waals surface area contributed by atoms with E-state index in [1.54, 1.807) is 7.11 Å². The van der Waals surface area contributed by atoms with Gasteiger partial charge in [0, 0.05) is 4.90 Å². The number of hydroxylamine groups is 1. The van der Waals surface area contributed by atoms with Gasteiger partial charge in [-0.1, -0.05) is 23.9 Å². The van der Waals surface area contributed by atoms with Gasteiger partial charge in [0.05, 0.1) is 5.56 Å². The van der Waals surface area contributed by atoms with Crippen LogP contribution in [0.5, 0.6) is 0 Å². The van der Waals surface area contributed by atoms with Gasteiger partial charge in [-0.2, -0.15) is 0 Å². The Labute approximate surface area is 82.2 Å². The summed E-state index contributed by atoms with van der Waals surface area (Å²) in [7, 11) is 1.69. The van der Waals surface area contributed by atoms with E-state index in [2.05, 4.69) is 25.1 Å². The Morgan fingerprint density at radius 1 is 1.46 bits per heavy atom. The molecule has 0 saturated heterocycles. The molecule has 0 fully saturated rings. The number of benzene rings is 1. The van der Waals surface area contributed by atoms with Crippen LogP contribution >= 0.6 is 11.8 Å². The minimum absolute atomic E-state index is 0.869. The van der Waals surface area contributed by atoms with Crippen molar-refractivity contribution in [3.63, 3.8) is 0 Å². The van der Waals surface area contributed by atoms with Crippen molar-refractivity contribution in [1.29, 1.82) is 0 Å². The number of hydrogen-bond donors (Lipinski definition) is 0. The third kappa shape index (κ3) is 1.56. The smallest absolute Gasteiger partial charge is 0.242 e. The largest absolute Gasteiger partial charge is 0.279 e.